The van der Waals surface area contributed by atoms with E-state index in [1.165, 1.54) is 44.7 Å². The van der Waals surface area contributed by atoms with Crippen LogP contribution in [0, 0.1) is 5.41 Å². The van der Waals surface area contributed by atoms with Crippen molar-refractivity contribution in [2.24, 2.45) is 0 Å². The number of unbranched alkanes of at least 4 members (excludes halogenated alkanes) is 5. The van der Waals surface area contributed by atoms with E-state index in [9.17, 15) is 0 Å². The van der Waals surface area contributed by atoms with Gasteiger partial charge in [0.05, 0.1) is 5.69 Å². The normalized spacial score (nSPS) is 10.2. The van der Waals surface area contributed by atoms with Crippen LogP contribution in [0.15, 0.2) is 24.8 Å². The Bertz CT molecular complexity index is 413. The number of hydrogen-bond donors (Lipinski definition) is 3. The highest BCUT2D eigenvalue weighted by Gasteiger charge is 1.99. The summed E-state index contributed by atoms with van der Waals surface area (Å²) in [4.78, 5) is 0. The van der Waals surface area contributed by atoms with Crippen LogP contribution in [0.2, 0.25) is 0 Å². The molecule has 0 saturated carbocycles. The van der Waals surface area contributed by atoms with E-state index < -0.39 is 0 Å². The molecule has 1 rings (SSSR count). The molecule has 0 aliphatic heterocycles. The van der Waals surface area contributed by atoms with Crippen molar-refractivity contribution in [2.75, 3.05) is 12.0 Å². The summed E-state index contributed by atoms with van der Waals surface area (Å²) in [5.41, 5.74) is 9.25. The van der Waals surface area contributed by atoms with Crippen molar-refractivity contribution in [2.45, 2.75) is 45.4 Å². The standard InChI is InChI=1S/C17H27N3/c1-3-5-6-7-8-9-12-19-20-17-11-10-15(4-2)13-16(17)14-18/h4,10-11,13-14,18-20H,2-3,5-9,12H2,1H3. The Morgan fingerprint density at radius 3 is 2.60 bits per heavy atom. The fourth-order valence-electron chi connectivity index (χ4n) is 2.09. The van der Waals surface area contributed by atoms with Crippen molar-refractivity contribution < 1.29 is 0 Å². The van der Waals surface area contributed by atoms with Gasteiger partial charge in [0, 0.05) is 18.3 Å². The van der Waals surface area contributed by atoms with E-state index in [0.29, 0.717) is 0 Å². The molecule has 0 unspecified atom stereocenters. The van der Waals surface area contributed by atoms with E-state index in [4.69, 9.17) is 5.41 Å². The zero-order valence-electron chi connectivity index (χ0n) is 12.5. The van der Waals surface area contributed by atoms with Gasteiger partial charge in [0.2, 0.25) is 0 Å². The van der Waals surface area contributed by atoms with Gasteiger partial charge in [-0.1, -0.05) is 57.7 Å². The van der Waals surface area contributed by atoms with Crippen LogP contribution in [0.5, 0.6) is 0 Å². The van der Waals surface area contributed by atoms with Gasteiger partial charge in [-0.25, -0.2) is 5.43 Å². The molecule has 0 aliphatic rings. The molecule has 3 N–H and O–H groups in total. The second-order valence-electron chi connectivity index (χ2n) is 5.01. The zero-order chi connectivity index (χ0) is 14.6. The number of rotatable bonds is 11. The van der Waals surface area contributed by atoms with Crippen molar-refractivity contribution >= 4 is 18.0 Å². The number of nitrogens with one attached hydrogen (secondary N) is 3. The summed E-state index contributed by atoms with van der Waals surface area (Å²) in [6, 6.07) is 5.93. The van der Waals surface area contributed by atoms with Gasteiger partial charge in [0.15, 0.2) is 0 Å². The molecule has 1 aromatic rings. The van der Waals surface area contributed by atoms with Gasteiger partial charge < -0.3 is 10.8 Å². The minimum absolute atomic E-state index is 0.873. The molecule has 110 valence electrons. The predicted molar refractivity (Wildman–Crippen MR) is 89.4 cm³/mol. The predicted octanol–water partition coefficient (Wildman–Crippen LogP) is 4.60. The first-order valence-electron chi connectivity index (χ1n) is 7.57. The van der Waals surface area contributed by atoms with Crippen LogP contribution in [0.3, 0.4) is 0 Å². The molecule has 0 heterocycles. The van der Waals surface area contributed by atoms with Crippen LogP contribution in [-0.2, 0) is 0 Å². The first-order valence-corrected chi connectivity index (χ1v) is 7.57. The summed E-state index contributed by atoms with van der Waals surface area (Å²) < 4.78 is 0. The van der Waals surface area contributed by atoms with Crippen molar-refractivity contribution in [3.63, 3.8) is 0 Å². The Balaban J connectivity index is 2.24. The molecule has 3 heteroatoms. The quantitative estimate of drug-likeness (QED) is 0.313. The van der Waals surface area contributed by atoms with Crippen molar-refractivity contribution in [3.8, 4) is 0 Å². The van der Waals surface area contributed by atoms with E-state index >= 15 is 0 Å². The molecule has 0 atom stereocenters. The molecule has 0 bridgehead atoms. The van der Waals surface area contributed by atoms with Crippen LogP contribution in [-0.4, -0.2) is 12.8 Å². The third-order valence-electron chi connectivity index (χ3n) is 3.35. The Morgan fingerprint density at radius 1 is 1.15 bits per heavy atom. The van der Waals surface area contributed by atoms with Gasteiger partial charge in [-0.3, -0.25) is 0 Å². The maximum absolute atomic E-state index is 7.44. The summed E-state index contributed by atoms with van der Waals surface area (Å²) in [5, 5.41) is 7.44. The first-order chi connectivity index (χ1) is 9.81. The number of benzene rings is 1. The SMILES string of the molecule is C=Cc1ccc(NNCCCCCCCC)c(C=N)c1. The van der Waals surface area contributed by atoms with Crippen LogP contribution in [0.4, 0.5) is 5.69 Å². The van der Waals surface area contributed by atoms with Gasteiger partial charge in [-0.05, 0) is 24.1 Å². The summed E-state index contributed by atoms with van der Waals surface area (Å²) in [6.07, 6.45) is 10.9. The molecule has 0 radical (unpaired) electrons. The molecule has 0 amide bonds. The van der Waals surface area contributed by atoms with E-state index in [-0.39, 0.29) is 0 Å². The molecule has 0 aliphatic carbocycles. The lowest BCUT2D eigenvalue weighted by Crippen LogP contribution is -2.23. The van der Waals surface area contributed by atoms with Crippen molar-refractivity contribution in [1.29, 1.82) is 5.41 Å². The van der Waals surface area contributed by atoms with Crippen LogP contribution >= 0.6 is 0 Å². The lowest BCUT2D eigenvalue weighted by Gasteiger charge is -2.11. The monoisotopic (exact) mass is 273 g/mol. The second-order valence-corrected chi connectivity index (χ2v) is 5.01. The minimum atomic E-state index is 0.873. The topological polar surface area (TPSA) is 47.9 Å². The number of anilines is 1. The van der Waals surface area contributed by atoms with Crippen molar-refractivity contribution in [1.82, 2.24) is 5.43 Å². The highest BCUT2D eigenvalue weighted by atomic mass is 15.3. The highest BCUT2D eigenvalue weighted by molar-refractivity contribution is 5.86. The largest absolute Gasteiger partial charge is 0.321 e. The van der Waals surface area contributed by atoms with E-state index in [1.807, 2.05) is 18.2 Å². The third-order valence-corrected chi connectivity index (χ3v) is 3.35. The van der Waals surface area contributed by atoms with Crippen LogP contribution in [0.1, 0.15) is 56.6 Å². The highest BCUT2D eigenvalue weighted by Crippen LogP contribution is 2.15. The average Bonchev–Trinajstić information content (AvgIpc) is 2.50. The summed E-state index contributed by atoms with van der Waals surface area (Å²) >= 11 is 0. The summed E-state index contributed by atoms with van der Waals surface area (Å²) in [5.74, 6) is 0. The summed E-state index contributed by atoms with van der Waals surface area (Å²) in [7, 11) is 0. The Morgan fingerprint density at radius 2 is 1.90 bits per heavy atom. The van der Waals surface area contributed by atoms with Crippen LogP contribution < -0.4 is 10.9 Å². The maximum atomic E-state index is 7.44. The smallest absolute Gasteiger partial charge is 0.0575 e. The van der Waals surface area contributed by atoms with Gasteiger partial charge in [0.25, 0.3) is 0 Å². The average molecular weight is 273 g/mol. The molecule has 0 spiro atoms. The number of hydrogen-bond acceptors (Lipinski definition) is 3. The number of hydrazine groups is 1. The molecule has 3 nitrogen and oxygen atoms in total. The molecular formula is C17H27N3. The van der Waals surface area contributed by atoms with Gasteiger partial charge in [-0.2, -0.15) is 0 Å². The summed E-state index contributed by atoms with van der Waals surface area (Å²) in [6.45, 7) is 6.93. The Labute approximate surface area is 123 Å². The first kappa shape index (κ1) is 16.4. The third kappa shape index (κ3) is 6.02. The fourth-order valence-corrected chi connectivity index (χ4v) is 2.09. The van der Waals surface area contributed by atoms with E-state index in [1.54, 1.807) is 6.08 Å². The second kappa shape index (κ2) is 10.2. The molecular weight excluding hydrogens is 246 g/mol. The molecule has 20 heavy (non-hydrogen) atoms. The van der Waals surface area contributed by atoms with Gasteiger partial charge in [-0.15, -0.1) is 0 Å². The lowest BCUT2D eigenvalue weighted by molar-refractivity contribution is 0.591. The van der Waals surface area contributed by atoms with E-state index in [0.717, 1.165) is 23.4 Å². The van der Waals surface area contributed by atoms with Crippen molar-refractivity contribution in [3.05, 3.63) is 35.9 Å². The molecule has 0 saturated heterocycles. The van der Waals surface area contributed by atoms with Gasteiger partial charge >= 0.3 is 0 Å². The molecule has 0 fully saturated rings. The minimum Gasteiger partial charge on any atom is -0.321 e. The maximum Gasteiger partial charge on any atom is 0.0575 e. The molecule has 0 aromatic heterocycles. The van der Waals surface area contributed by atoms with Gasteiger partial charge in [0.1, 0.15) is 0 Å². The van der Waals surface area contributed by atoms with E-state index in [2.05, 4.69) is 24.4 Å². The Kier molecular flexibility index (Phi) is 8.40. The van der Waals surface area contributed by atoms with Crippen LogP contribution in [0.25, 0.3) is 6.08 Å². The molecule has 1 aromatic carbocycles. The lowest BCUT2D eigenvalue weighted by atomic mass is 10.1. The zero-order valence-corrected chi connectivity index (χ0v) is 12.5. The Hall–Kier alpha value is -1.61. The fraction of sp³-hybridized carbons (Fsp3) is 0.471.